The lowest BCUT2D eigenvalue weighted by atomic mass is 10.1. The number of hydroxylamine groups is 1. The van der Waals surface area contributed by atoms with Gasteiger partial charge in [0.05, 0.1) is 46.2 Å². The van der Waals surface area contributed by atoms with Gasteiger partial charge in [-0.3, -0.25) is 15.1 Å². The van der Waals surface area contributed by atoms with E-state index in [2.05, 4.69) is 45.0 Å². The van der Waals surface area contributed by atoms with E-state index in [0.717, 1.165) is 50.5 Å². The number of benzene rings is 1. The average molecular weight is 546 g/mol. The first-order valence-corrected chi connectivity index (χ1v) is 13.3. The summed E-state index contributed by atoms with van der Waals surface area (Å²) in [7, 11) is 1.88. The van der Waals surface area contributed by atoms with Gasteiger partial charge in [-0.15, -0.1) is 11.3 Å². The molecule has 0 bridgehead atoms. The molecule has 0 aliphatic carbocycles. The van der Waals surface area contributed by atoms with Crippen LogP contribution in [-0.2, 0) is 11.3 Å². The largest absolute Gasteiger partial charge is 0.372 e. The van der Waals surface area contributed by atoms with E-state index in [-0.39, 0.29) is 17.8 Å². The van der Waals surface area contributed by atoms with Gasteiger partial charge >= 0.3 is 0 Å². The van der Waals surface area contributed by atoms with Gasteiger partial charge in [-0.05, 0) is 26.0 Å². The predicted molar refractivity (Wildman–Crippen MR) is 148 cm³/mol. The summed E-state index contributed by atoms with van der Waals surface area (Å²) in [6, 6.07) is 8.07. The minimum Gasteiger partial charge on any atom is -0.372 e. The Bertz CT molecular complexity index is 1640. The van der Waals surface area contributed by atoms with Gasteiger partial charge in [0.1, 0.15) is 0 Å². The zero-order chi connectivity index (χ0) is 27.1. The highest BCUT2D eigenvalue weighted by Crippen LogP contribution is 2.37. The standard InChI is InChI=1S/C26H27N9O3S/c1-14-11-35(12-15(2)38-14)24-22-21(30-23(31-24)18-5-4-6-20-19(18)10-29-32-20)7-17(39-22)13-34(3)26-27-8-16(9-28-26)25(36)33-37/h4-10,14-15,37H,11-13H2,1-3H3,(H,29,32)(H,33,36). The molecular formula is C26H27N9O3S. The second kappa shape index (κ2) is 10.2. The second-order valence-electron chi connectivity index (χ2n) is 9.67. The summed E-state index contributed by atoms with van der Waals surface area (Å²) in [5.41, 5.74) is 4.48. The summed E-state index contributed by atoms with van der Waals surface area (Å²) in [6.45, 7) is 6.17. The number of rotatable bonds is 6. The number of thiophene rings is 1. The number of ether oxygens (including phenoxy) is 1. The third-order valence-electron chi connectivity index (χ3n) is 6.59. The van der Waals surface area contributed by atoms with Crippen molar-refractivity contribution in [2.24, 2.45) is 0 Å². The highest BCUT2D eigenvalue weighted by molar-refractivity contribution is 7.19. The molecule has 39 heavy (non-hydrogen) atoms. The zero-order valence-corrected chi connectivity index (χ0v) is 22.4. The number of hydrogen-bond donors (Lipinski definition) is 3. The lowest BCUT2D eigenvalue weighted by Crippen LogP contribution is -2.45. The molecule has 13 heteroatoms. The number of H-pyrrole nitrogens is 1. The molecule has 200 valence electrons. The number of amides is 1. The van der Waals surface area contributed by atoms with E-state index in [1.54, 1.807) is 23.0 Å². The van der Waals surface area contributed by atoms with Gasteiger partial charge in [0.2, 0.25) is 5.95 Å². The van der Waals surface area contributed by atoms with Crippen LogP contribution in [0.4, 0.5) is 11.8 Å². The number of fused-ring (bicyclic) bond motifs is 2. The fourth-order valence-electron chi connectivity index (χ4n) is 4.90. The zero-order valence-electron chi connectivity index (χ0n) is 21.6. The van der Waals surface area contributed by atoms with Crippen LogP contribution in [-0.4, -0.2) is 73.6 Å². The maximum absolute atomic E-state index is 11.6. The number of aromatic nitrogens is 6. The molecule has 3 N–H and O–H groups in total. The average Bonchev–Trinajstić information content (AvgIpc) is 3.58. The van der Waals surface area contributed by atoms with Crippen molar-refractivity contribution < 1.29 is 14.7 Å². The Kier molecular flexibility index (Phi) is 6.54. The molecule has 0 saturated carbocycles. The van der Waals surface area contributed by atoms with Crippen LogP contribution >= 0.6 is 11.3 Å². The van der Waals surface area contributed by atoms with Crippen molar-refractivity contribution in [1.29, 1.82) is 0 Å². The van der Waals surface area contributed by atoms with Crippen LogP contribution in [0.15, 0.2) is 42.9 Å². The van der Waals surface area contributed by atoms with Gasteiger partial charge in [0.25, 0.3) is 5.91 Å². The molecule has 1 aromatic carbocycles. The van der Waals surface area contributed by atoms with Crippen LogP contribution in [0.25, 0.3) is 32.5 Å². The lowest BCUT2D eigenvalue weighted by molar-refractivity contribution is -0.00536. The van der Waals surface area contributed by atoms with Crippen molar-refractivity contribution in [3.8, 4) is 11.4 Å². The van der Waals surface area contributed by atoms with Gasteiger partial charge in [0.15, 0.2) is 11.6 Å². The van der Waals surface area contributed by atoms with Crippen molar-refractivity contribution in [1.82, 2.24) is 35.6 Å². The normalized spacial score (nSPS) is 17.6. The van der Waals surface area contributed by atoms with E-state index in [1.165, 1.54) is 12.4 Å². The minimum atomic E-state index is -0.659. The number of anilines is 2. The van der Waals surface area contributed by atoms with Crippen LogP contribution in [0.1, 0.15) is 29.1 Å². The number of nitrogens with one attached hydrogen (secondary N) is 2. The summed E-state index contributed by atoms with van der Waals surface area (Å²) in [6.07, 6.45) is 4.72. The molecule has 6 rings (SSSR count). The molecule has 2 atom stereocenters. The summed E-state index contributed by atoms with van der Waals surface area (Å²) in [4.78, 5) is 35.5. The summed E-state index contributed by atoms with van der Waals surface area (Å²) >= 11 is 1.64. The van der Waals surface area contributed by atoms with E-state index < -0.39 is 5.91 Å². The Hall–Kier alpha value is -4.20. The van der Waals surface area contributed by atoms with Crippen molar-refractivity contribution >= 4 is 50.1 Å². The van der Waals surface area contributed by atoms with Gasteiger partial charge in [-0.2, -0.15) is 5.10 Å². The summed E-state index contributed by atoms with van der Waals surface area (Å²) in [5, 5.41) is 17.0. The molecule has 0 radical (unpaired) electrons. The lowest BCUT2D eigenvalue weighted by Gasteiger charge is -2.36. The number of aromatic amines is 1. The molecule has 5 aromatic rings. The topological polar surface area (TPSA) is 145 Å². The van der Waals surface area contributed by atoms with Gasteiger partial charge < -0.3 is 14.5 Å². The van der Waals surface area contributed by atoms with Crippen molar-refractivity contribution in [2.45, 2.75) is 32.6 Å². The van der Waals surface area contributed by atoms with Gasteiger partial charge in [0, 0.05) is 48.4 Å². The third-order valence-corrected chi connectivity index (χ3v) is 7.69. The number of nitrogens with zero attached hydrogens (tertiary/aromatic N) is 7. The number of morpholine rings is 1. The van der Waals surface area contributed by atoms with Crippen molar-refractivity contribution in [3.63, 3.8) is 0 Å². The molecule has 0 spiro atoms. The highest BCUT2D eigenvalue weighted by Gasteiger charge is 2.27. The fourth-order valence-corrected chi connectivity index (χ4v) is 6.06. The molecule has 12 nitrogen and oxygen atoms in total. The van der Waals surface area contributed by atoms with Crippen molar-refractivity contribution in [2.75, 3.05) is 29.9 Å². The molecule has 1 aliphatic rings. The first kappa shape index (κ1) is 25.1. The van der Waals surface area contributed by atoms with Crippen molar-refractivity contribution in [3.05, 3.63) is 53.3 Å². The molecule has 5 heterocycles. The minimum absolute atomic E-state index is 0.0816. The Balaban J connectivity index is 1.39. The first-order chi connectivity index (χ1) is 18.9. The van der Waals surface area contributed by atoms with Gasteiger partial charge in [-0.1, -0.05) is 12.1 Å². The molecule has 1 fully saturated rings. The second-order valence-corrected chi connectivity index (χ2v) is 10.8. The number of hydrogen-bond acceptors (Lipinski definition) is 11. The van der Waals surface area contributed by atoms with Crippen LogP contribution < -0.4 is 15.3 Å². The maximum Gasteiger partial charge on any atom is 0.277 e. The third kappa shape index (κ3) is 4.87. The molecule has 1 aliphatic heterocycles. The smallest absolute Gasteiger partial charge is 0.277 e. The molecule has 1 saturated heterocycles. The quantitative estimate of drug-likeness (QED) is 0.214. The monoisotopic (exact) mass is 545 g/mol. The Morgan fingerprint density at radius 3 is 2.72 bits per heavy atom. The Labute approximate surface area is 227 Å². The Morgan fingerprint density at radius 1 is 1.21 bits per heavy atom. The number of carbonyl (C=O) groups excluding carboxylic acids is 1. The SMILES string of the molecule is CC1CN(c2nc(-c3cccc4[nH]ncc34)nc3cc(CN(C)c4ncc(C(=O)NO)cn4)sc23)CC(C)O1. The van der Waals surface area contributed by atoms with Crippen LogP contribution in [0.5, 0.6) is 0 Å². The Morgan fingerprint density at radius 2 is 1.97 bits per heavy atom. The number of carbonyl (C=O) groups is 1. The van der Waals surface area contributed by atoms with E-state index in [9.17, 15) is 4.79 Å². The van der Waals surface area contributed by atoms with E-state index in [1.807, 2.05) is 30.1 Å². The fraction of sp³-hybridized carbons (Fsp3) is 0.308. The molecular weight excluding hydrogens is 518 g/mol. The summed E-state index contributed by atoms with van der Waals surface area (Å²) < 4.78 is 7.01. The maximum atomic E-state index is 11.6. The van der Waals surface area contributed by atoms with Gasteiger partial charge in [-0.25, -0.2) is 25.4 Å². The van der Waals surface area contributed by atoms with Crippen LogP contribution in [0.3, 0.4) is 0 Å². The predicted octanol–water partition coefficient (Wildman–Crippen LogP) is 3.39. The first-order valence-electron chi connectivity index (χ1n) is 12.5. The molecule has 2 unspecified atom stereocenters. The molecule has 4 aromatic heterocycles. The van der Waals surface area contributed by atoms with Crippen LogP contribution in [0.2, 0.25) is 0 Å². The molecule has 1 amide bonds. The summed E-state index contributed by atoms with van der Waals surface area (Å²) in [5.74, 6) is 1.34. The van der Waals surface area contributed by atoms with E-state index in [0.29, 0.717) is 18.3 Å². The highest BCUT2D eigenvalue weighted by atomic mass is 32.1. The van der Waals surface area contributed by atoms with E-state index in [4.69, 9.17) is 19.9 Å². The van der Waals surface area contributed by atoms with Crippen LogP contribution in [0, 0.1) is 0 Å². The van der Waals surface area contributed by atoms with E-state index >= 15 is 0 Å².